The maximum Gasteiger partial charge on any atom is 0.340 e. The third-order valence-corrected chi connectivity index (χ3v) is 3.05. The third-order valence-electron chi connectivity index (χ3n) is 2.03. The number of carbonyl (C=O) groups is 2. The minimum Gasteiger partial charge on any atom is -0.478 e. The molecule has 0 saturated carbocycles. The summed E-state index contributed by atoms with van der Waals surface area (Å²) >= 11 is 1.01. The summed E-state index contributed by atoms with van der Waals surface area (Å²) in [6.45, 7) is 1.61. The van der Waals surface area contributed by atoms with Crippen molar-refractivity contribution in [1.29, 1.82) is 0 Å². The lowest BCUT2D eigenvalue weighted by molar-refractivity contribution is 0.0697. The zero-order chi connectivity index (χ0) is 12.5. The Labute approximate surface area is 97.3 Å². The first-order valence-electron chi connectivity index (χ1n) is 4.50. The highest BCUT2D eigenvalue weighted by atomic mass is 32.1. The Morgan fingerprint density at radius 1 is 1.31 bits per heavy atom. The number of carboxylic acids is 1. The van der Waals surface area contributed by atoms with Gasteiger partial charge in [0.05, 0.1) is 5.69 Å². The Balaban J connectivity index is 3.14. The third kappa shape index (κ3) is 2.13. The number of carbonyl (C=O) groups excluding carboxylic acids is 1. The van der Waals surface area contributed by atoms with Crippen LogP contribution in [0.3, 0.4) is 0 Å². The van der Waals surface area contributed by atoms with Crippen molar-refractivity contribution in [2.24, 2.45) is 0 Å². The first kappa shape index (κ1) is 12.4. The van der Waals surface area contributed by atoms with E-state index in [1.54, 1.807) is 21.0 Å². The van der Waals surface area contributed by atoms with Crippen molar-refractivity contribution >= 4 is 28.5 Å². The number of urea groups is 1. The van der Waals surface area contributed by atoms with E-state index in [-0.39, 0.29) is 11.6 Å². The van der Waals surface area contributed by atoms with Gasteiger partial charge in [0.25, 0.3) is 0 Å². The average Bonchev–Trinajstić information content (AvgIpc) is 2.57. The Kier molecular flexibility index (Phi) is 3.48. The van der Waals surface area contributed by atoms with Gasteiger partial charge in [-0.15, -0.1) is 0 Å². The van der Waals surface area contributed by atoms with Crippen LogP contribution in [0.2, 0.25) is 0 Å². The predicted molar refractivity (Wildman–Crippen MR) is 61.3 cm³/mol. The van der Waals surface area contributed by atoms with E-state index in [0.717, 1.165) is 11.5 Å². The van der Waals surface area contributed by atoms with Crippen LogP contribution in [-0.4, -0.2) is 47.5 Å². The summed E-state index contributed by atoms with van der Waals surface area (Å²) in [7, 11) is 4.74. The van der Waals surface area contributed by atoms with Crippen molar-refractivity contribution in [1.82, 2.24) is 9.27 Å². The van der Waals surface area contributed by atoms with Crippen molar-refractivity contribution in [3.05, 3.63) is 11.3 Å². The molecule has 0 atom stereocenters. The molecule has 0 aliphatic rings. The molecule has 1 heterocycles. The number of carboxylic acid groups (broad SMARTS) is 1. The lowest BCUT2D eigenvalue weighted by atomic mass is 10.2. The van der Waals surface area contributed by atoms with Gasteiger partial charge in [0, 0.05) is 21.1 Å². The molecule has 0 unspecified atom stereocenters. The normalized spacial score (nSPS) is 10.0. The molecule has 0 bridgehead atoms. The highest BCUT2D eigenvalue weighted by molar-refractivity contribution is 7.11. The molecule has 16 heavy (non-hydrogen) atoms. The molecule has 0 aromatic carbocycles. The van der Waals surface area contributed by atoms with Crippen LogP contribution in [0.25, 0.3) is 0 Å². The van der Waals surface area contributed by atoms with E-state index in [0.29, 0.717) is 10.7 Å². The van der Waals surface area contributed by atoms with Crippen LogP contribution in [0.1, 0.15) is 16.1 Å². The molecule has 7 heteroatoms. The Bertz CT molecular complexity index is 428. The minimum absolute atomic E-state index is 0.0858. The molecule has 1 aromatic rings. The number of aromatic nitrogens is 1. The second-order valence-electron chi connectivity index (χ2n) is 3.49. The summed E-state index contributed by atoms with van der Waals surface area (Å²) in [6.07, 6.45) is 0. The number of nitrogens with zero attached hydrogens (tertiary/aromatic N) is 3. The number of amides is 2. The molecule has 0 fully saturated rings. The summed E-state index contributed by atoms with van der Waals surface area (Å²) in [5.41, 5.74) is 0.508. The minimum atomic E-state index is -1.07. The largest absolute Gasteiger partial charge is 0.478 e. The smallest absolute Gasteiger partial charge is 0.340 e. The van der Waals surface area contributed by atoms with Crippen molar-refractivity contribution in [2.45, 2.75) is 6.92 Å². The molecule has 0 aliphatic heterocycles. The van der Waals surface area contributed by atoms with E-state index < -0.39 is 5.97 Å². The molecule has 1 rings (SSSR count). The van der Waals surface area contributed by atoms with E-state index >= 15 is 0 Å². The number of aryl methyl sites for hydroxylation is 1. The van der Waals surface area contributed by atoms with Crippen molar-refractivity contribution < 1.29 is 14.7 Å². The summed E-state index contributed by atoms with van der Waals surface area (Å²) in [4.78, 5) is 25.3. The van der Waals surface area contributed by atoms with Crippen LogP contribution in [0, 0.1) is 6.92 Å². The summed E-state index contributed by atoms with van der Waals surface area (Å²) in [5, 5.41) is 9.37. The first-order valence-corrected chi connectivity index (χ1v) is 5.28. The molecule has 1 aromatic heterocycles. The van der Waals surface area contributed by atoms with Gasteiger partial charge in [-0.25, -0.2) is 9.59 Å². The van der Waals surface area contributed by atoms with Gasteiger partial charge in [-0.3, -0.25) is 4.90 Å². The summed E-state index contributed by atoms with van der Waals surface area (Å²) in [6, 6.07) is -0.286. The van der Waals surface area contributed by atoms with Crippen LogP contribution in [-0.2, 0) is 0 Å². The average molecular weight is 243 g/mol. The van der Waals surface area contributed by atoms with E-state index in [1.807, 2.05) is 0 Å². The molecular formula is C9H13N3O3S. The molecule has 0 radical (unpaired) electrons. The highest BCUT2D eigenvalue weighted by Gasteiger charge is 2.24. The van der Waals surface area contributed by atoms with Gasteiger partial charge in [-0.2, -0.15) is 4.37 Å². The van der Waals surface area contributed by atoms with E-state index in [2.05, 4.69) is 4.37 Å². The molecule has 0 aliphatic carbocycles. The highest BCUT2D eigenvalue weighted by Crippen LogP contribution is 2.28. The number of hydrogen-bond acceptors (Lipinski definition) is 4. The topological polar surface area (TPSA) is 73.7 Å². The zero-order valence-corrected chi connectivity index (χ0v) is 10.3. The van der Waals surface area contributed by atoms with Gasteiger partial charge in [0.2, 0.25) is 0 Å². The quantitative estimate of drug-likeness (QED) is 0.848. The van der Waals surface area contributed by atoms with Crippen LogP contribution in [0.4, 0.5) is 9.80 Å². The van der Waals surface area contributed by atoms with E-state index in [9.17, 15) is 9.59 Å². The van der Waals surface area contributed by atoms with Crippen LogP contribution >= 0.6 is 11.5 Å². The van der Waals surface area contributed by atoms with E-state index in [1.165, 1.54) is 16.8 Å². The Morgan fingerprint density at radius 3 is 2.31 bits per heavy atom. The van der Waals surface area contributed by atoms with Crippen LogP contribution < -0.4 is 4.90 Å². The maximum atomic E-state index is 11.7. The van der Waals surface area contributed by atoms with E-state index in [4.69, 9.17) is 5.11 Å². The number of rotatable bonds is 2. The van der Waals surface area contributed by atoms with Crippen molar-refractivity contribution in [3.63, 3.8) is 0 Å². The predicted octanol–water partition coefficient (Wildman–Crippen LogP) is 1.27. The fourth-order valence-electron chi connectivity index (χ4n) is 1.22. The molecule has 88 valence electrons. The lowest BCUT2D eigenvalue weighted by Gasteiger charge is -2.20. The van der Waals surface area contributed by atoms with Crippen LogP contribution in [0.5, 0.6) is 0 Å². The molecule has 0 spiro atoms. The number of aromatic carboxylic acids is 1. The second kappa shape index (κ2) is 4.48. The maximum absolute atomic E-state index is 11.7. The van der Waals surface area contributed by atoms with Crippen molar-refractivity contribution in [2.75, 3.05) is 26.0 Å². The van der Waals surface area contributed by atoms with Gasteiger partial charge in [0.15, 0.2) is 0 Å². The van der Waals surface area contributed by atoms with Gasteiger partial charge >= 0.3 is 12.0 Å². The molecule has 1 N–H and O–H groups in total. The van der Waals surface area contributed by atoms with Gasteiger partial charge in [-0.1, -0.05) is 0 Å². The summed E-state index contributed by atoms with van der Waals surface area (Å²) in [5.74, 6) is -1.07. The van der Waals surface area contributed by atoms with Crippen molar-refractivity contribution in [3.8, 4) is 0 Å². The van der Waals surface area contributed by atoms with Gasteiger partial charge < -0.3 is 10.0 Å². The molecule has 6 nitrogen and oxygen atoms in total. The van der Waals surface area contributed by atoms with Gasteiger partial charge in [-0.05, 0) is 18.5 Å². The molecular weight excluding hydrogens is 230 g/mol. The monoisotopic (exact) mass is 243 g/mol. The number of anilines is 1. The standard InChI is InChI=1S/C9H13N3O3S/c1-5-6(8(13)14)7(16-10-5)12(4)9(15)11(2)3/h1-4H3,(H,13,14). The fraction of sp³-hybridized carbons (Fsp3) is 0.444. The summed E-state index contributed by atoms with van der Waals surface area (Å²) < 4.78 is 3.95. The Morgan fingerprint density at radius 2 is 1.88 bits per heavy atom. The lowest BCUT2D eigenvalue weighted by Crippen LogP contribution is -2.36. The second-order valence-corrected chi connectivity index (χ2v) is 4.24. The van der Waals surface area contributed by atoms with Crippen LogP contribution in [0.15, 0.2) is 0 Å². The molecule has 2 amide bonds. The number of hydrogen-bond donors (Lipinski definition) is 1. The molecule has 0 saturated heterocycles. The Hall–Kier alpha value is -1.63. The SMILES string of the molecule is Cc1nsc(N(C)C(=O)N(C)C)c1C(=O)O. The van der Waals surface area contributed by atoms with Gasteiger partial charge in [0.1, 0.15) is 10.6 Å². The fourth-order valence-corrected chi connectivity index (χ4v) is 2.06. The zero-order valence-electron chi connectivity index (χ0n) is 9.51. The first-order chi connectivity index (χ1) is 7.36.